The van der Waals surface area contributed by atoms with E-state index in [4.69, 9.17) is 14.5 Å². The molecule has 0 aliphatic rings. The fourth-order valence-corrected chi connectivity index (χ4v) is 3.36. The Morgan fingerprint density at radius 2 is 1.68 bits per heavy atom. The number of benzene rings is 3. The van der Waals surface area contributed by atoms with Crippen LogP contribution in [0.1, 0.15) is 5.56 Å². The topological polar surface area (TPSA) is 31.4 Å². The quantitative estimate of drug-likeness (QED) is 0.473. The summed E-state index contributed by atoms with van der Waals surface area (Å²) in [6.07, 6.45) is 0. The molecule has 0 N–H and O–H groups in total. The Hall–Kier alpha value is -3.07. The first-order valence-corrected chi connectivity index (χ1v) is 8.23. The maximum Gasteiger partial charge on any atom is 0.128 e. The summed E-state index contributed by atoms with van der Waals surface area (Å²) >= 11 is 0. The van der Waals surface area contributed by atoms with Crippen LogP contribution >= 0.6 is 0 Å². The molecular weight excluding hydrogens is 310 g/mol. The average Bonchev–Trinajstić information content (AvgIpc) is 2.66. The number of pyridine rings is 1. The van der Waals surface area contributed by atoms with Crippen molar-refractivity contribution in [3.05, 3.63) is 66.2 Å². The molecule has 3 heteroatoms. The molecule has 0 radical (unpaired) electrons. The third kappa shape index (κ3) is 2.58. The van der Waals surface area contributed by atoms with Gasteiger partial charge in [0.15, 0.2) is 0 Å². The molecule has 124 valence electrons. The molecule has 0 spiro atoms. The third-order valence-electron chi connectivity index (χ3n) is 4.58. The van der Waals surface area contributed by atoms with E-state index < -0.39 is 0 Å². The van der Waals surface area contributed by atoms with E-state index in [-0.39, 0.29) is 0 Å². The highest BCUT2D eigenvalue weighted by atomic mass is 16.5. The summed E-state index contributed by atoms with van der Waals surface area (Å²) in [5.74, 6) is 1.57. The van der Waals surface area contributed by atoms with Gasteiger partial charge in [0.25, 0.3) is 0 Å². The van der Waals surface area contributed by atoms with Crippen LogP contribution in [-0.2, 0) is 0 Å². The second-order valence-electron chi connectivity index (χ2n) is 6.07. The monoisotopic (exact) mass is 329 g/mol. The smallest absolute Gasteiger partial charge is 0.128 e. The van der Waals surface area contributed by atoms with Gasteiger partial charge >= 0.3 is 0 Å². The number of nitrogens with zero attached hydrogens (tertiary/aromatic N) is 1. The van der Waals surface area contributed by atoms with Gasteiger partial charge in [0.2, 0.25) is 0 Å². The summed E-state index contributed by atoms with van der Waals surface area (Å²) in [5, 5.41) is 3.66. The van der Waals surface area contributed by atoms with Crippen molar-refractivity contribution >= 4 is 21.7 Å². The fraction of sp³-hybridized carbons (Fsp3) is 0.136. The van der Waals surface area contributed by atoms with Crippen molar-refractivity contribution < 1.29 is 9.47 Å². The Kier molecular flexibility index (Phi) is 3.77. The molecule has 1 aromatic heterocycles. The minimum atomic E-state index is 0.785. The summed E-state index contributed by atoms with van der Waals surface area (Å²) in [6.45, 7) is 2.13. The van der Waals surface area contributed by atoms with Gasteiger partial charge in [-0.3, -0.25) is 0 Å². The number of rotatable bonds is 3. The van der Waals surface area contributed by atoms with E-state index in [9.17, 15) is 0 Å². The number of methoxy groups -OCH3 is 2. The largest absolute Gasteiger partial charge is 0.497 e. The van der Waals surface area contributed by atoms with Crippen LogP contribution in [0.25, 0.3) is 32.9 Å². The van der Waals surface area contributed by atoms with Crippen molar-refractivity contribution in [1.82, 2.24) is 4.98 Å². The van der Waals surface area contributed by atoms with Crippen LogP contribution in [0.15, 0.2) is 60.7 Å². The molecule has 4 rings (SSSR count). The van der Waals surface area contributed by atoms with E-state index in [1.54, 1.807) is 14.2 Å². The minimum Gasteiger partial charge on any atom is -0.497 e. The molecule has 3 aromatic carbocycles. The third-order valence-corrected chi connectivity index (χ3v) is 4.58. The van der Waals surface area contributed by atoms with E-state index in [1.807, 2.05) is 18.2 Å². The van der Waals surface area contributed by atoms with E-state index in [2.05, 4.69) is 49.4 Å². The molecule has 0 fully saturated rings. The van der Waals surface area contributed by atoms with E-state index in [0.717, 1.165) is 28.3 Å². The van der Waals surface area contributed by atoms with Crippen molar-refractivity contribution in [1.29, 1.82) is 0 Å². The second kappa shape index (κ2) is 6.10. The number of ether oxygens (including phenoxy) is 2. The van der Waals surface area contributed by atoms with Gasteiger partial charge in [-0.05, 0) is 53.6 Å². The average molecular weight is 329 g/mol. The van der Waals surface area contributed by atoms with Crippen LogP contribution in [0.3, 0.4) is 0 Å². The van der Waals surface area contributed by atoms with E-state index in [1.165, 1.54) is 21.7 Å². The number of hydrogen-bond donors (Lipinski definition) is 0. The normalized spacial score (nSPS) is 11.0. The molecule has 4 aromatic rings. The maximum absolute atomic E-state index is 5.53. The van der Waals surface area contributed by atoms with Crippen LogP contribution in [0.2, 0.25) is 0 Å². The highest BCUT2D eigenvalue weighted by Gasteiger charge is 2.12. The van der Waals surface area contributed by atoms with Crippen molar-refractivity contribution in [2.75, 3.05) is 14.2 Å². The Bertz CT molecular complexity index is 1090. The van der Waals surface area contributed by atoms with Crippen LogP contribution < -0.4 is 9.47 Å². The molecule has 0 bridgehead atoms. The SMILES string of the molecule is COc1ccc(OC)c(-c2cc(C)c3c(ccc4ccccc43)n2)c1. The lowest BCUT2D eigenvalue weighted by Crippen LogP contribution is -1.94. The molecule has 0 amide bonds. The second-order valence-corrected chi connectivity index (χ2v) is 6.07. The summed E-state index contributed by atoms with van der Waals surface area (Å²) < 4.78 is 10.9. The first kappa shape index (κ1) is 15.5. The van der Waals surface area contributed by atoms with Gasteiger partial charge in [0, 0.05) is 10.9 Å². The minimum absolute atomic E-state index is 0.785. The molecule has 25 heavy (non-hydrogen) atoms. The lowest BCUT2D eigenvalue weighted by Gasteiger charge is -2.13. The number of aryl methyl sites for hydroxylation is 1. The van der Waals surface area contributed by atoms with Gasteiger partial charge in [-0.1, -0.05) is 30.3 Å². The van der Waals surface area contributed by atoms with Gasteiger partial charge in [0.05, 0.1) is 25.4 Å². The van der Waals surface area contributed by atoms with Crippen LogP contribution in [0.5, 0.6) is 11.5 Å². The molecule has 3 nitrogen and oxygen atoms in total. The van der Waals surface area contributed by atoms with Gasteiger partial charge in [-0.2, -0.15) is 0 Å². The first-order chi connectivity index (χ1) is 12.2. The lowest BCUT2D eigenvalue weighted by molar-refractivity contribution is 0.404. The molecule has 0 aliphatic heterocycles. The molecule has 0 saturated heterocycles. The molecule has 0 unspecified atom stereocenters. The number of fused-ring (bicyclic) bond motifs is 3. The van der Waals surface area contributed by atoms with E-state index in [0.29, 0.717) is 0 Å². The van der Waals surface area contributed by atoms with Crippen molar-refractivity contribution in [2.24, 2.45) is 0 Å². The Morgan fingerprint density at radius 3 is 2.48 bits per heavy atom. The standard InChI is InChI=1S/C22H19NO2/c1-14-12-20(18-13-16(24-2)9-11-21(18)25-3)23-19-10-8-15-6-4-5-7-17(15)22(14)19/h4-13H,1-3H3. The zero-order chi connectivity index (χ0) is 17.4. The summed E-state index contributed by atoms with van der Waals surface area (Å²) in [6, 6.07) is 20.5. The fourth-order valence-electron chi connectivity index (χ4n) is 3.36. The molecule has 0 atom stereocenters. The Morgan fingerprint density at radius 1 is 0.840 bits per heavy atom. The van der Waals surface area contributed by atoms with Crippen molar-refractivity contribution in [3.63, 3.8) is 0 Å². The van der Waals surface area contributed by atoms with Gasteiger partial charge in [-0.15, -0.1) is 0 Å². The highest BCUT2D eigenvalue weighted by molar-refractivity contribution is 6.08. The summed E-state index contributed by atoms with van der Waals surface area (Å²) in [5.41, 5.74) is 4.00. The zero-order valence-corrected chi connectivity index (χ0v) is 14.5. The van der Waals surface area contributed by atoms with Crippen molar-refractivity contribution in [3.8, 4) is 22.8 Å². The molecule has 0 aliphatic carbocycles. The van der Waals surface area contributed by atoms with Gasteiger partial charge in [0.1, 0.15) is 11.5 Å². The zero-order valence-electron chi connectivity index (χ0n) is 14.5. The predicted octanol–water partition coefficient (Wildman–Crippen LogP) is 5.38. The van der Waals surface area contributed by atoms with Gasteiger partial charge in [-0.25, -0.2) is 4.98 Å². The van der Waals surface area contributed by atoms with Crippen LogP contribution in [0.4, 0.5) is 0 Å². The summed E-state index contributed by atoms with van der Waals surface area (Å²) in [4.78, 5) is 4.90. The first-order valence-electron chi connectivity index (χ1n) is 8.23. The Balaban J connectivity index is 2.00. The molecular formula is C22H19NO2. The van der Waals surface area contributed by atoms with E-state index >= 15 is 0 Å². The Labute approximate surface area is 146 Å². The molecule has 1 heterocycles. The number of hydrogen-bond acceptors (Lipinski definition) is 3. The van der Waals surface area contributed by atoms with Gasteiger partial charge < -0.3 is 9.47 Å². The maximum atomic E-state index is 5.53. The predicted molar refractivity (Wildman–Crippen MR) is 103 cm³/mol. The molecule has 0 saturated carbocycles. The van der Waals surface area contributed by atoms with Crippen molar-refractivity contribution in [2.45, 2.75) is 6.92 Å². The lowest BCUT2D eigenvalue weighted by atomic mass is 9.99. The summed E-state index contributed by atoms with van der Waals surface area (Å²) in [7, 11) is 3.34. The van der Waals surface area contributed by atoms with Crippen LogP contribution in [0, 0.1) is 6.92 Å². The highest BCUT2D eigenvalue weighted by Crippen LogP contribution is 2.35. The number of aromatic nitrogens is 1. The van der Waals surface area contributed by atoms with Crippen LogP contribution in [-0.4, -0.2) is 19.2 Å².